The smallest absolute Gasteiger partial charge is 0.416 e. The topological polar surface area (TPSA) is 105 Å². The van der Waals surface area contributed by atoms with Gasteiger partial charge in [-0.25, -0.2) is 4.79 Å². The third-order valence-corrected chi connectivity index (χ3v) is 3.93. The maximum atomic E-state index is 12.7. The average molecular weight is 448 g/mol. The molecule has 0 aliphatic rings. The Morgan fingerprint density at radius 3 is 2.43 bits per heavy atom. The third-order valence-electron chi connectivity index (χ3n) is 3.64. The molecule has 8 nitrogen and oxygen atoms in total. The van der Waals surface area contributed by atoms with Crippen LogP contribution in [0.25, 0.3) is 0 Å². The number of nitrogens with zero attached hydrogens (tertiary/aromatic N) is 1. The summed E-state index contributed by atoms with van der Waals surface area (Å²) >= 11 is 5.81. The van der Waals surface area contributed by atoms with Gasteiger partial charge in [0.05, 0.1) is 29.0 Å². The number of esters is 2. The molecule has 0 N–H and O–H groups in total. The standard InChI is InChI=1S/C18H13ClF3NO7/c1-28-16(24)6-7-29-17(25)12-9-11(3-4-14(12)23(26)27)30-15-5-2-10(8-13(15)19)18(20,21)22/h2-5,8-9H,6-7H2,1H3. The highest BCUT2D eigenvalue weighted by atomic mass is 35.5. The molecule has 0 bridgehead atoms. The molecule has 30 heavy (non-hydrogen) atoms. The van der Waals surface area contributed by atoms with Gasteiger partial charge in [0, 0.05) is 12.1 Å². The molecule has 0 spiro atoms. The Morgan fingerprint density at radius 2 is 1.87 bits per heavy atom. The largest absolute Gasteiger partial charge is 0.469 e. The van der Waals surface area contributed by atoms with Crippen molar-refractivity contribution in [2.24, 2.45) is 0 Å². The molecule has 2 rings (SSSR count). The van der Waals surface area contributed by atoms with E-state index in [0.717, 1.165) is 37.4 Å². The molecule has 0 saturated carbocycles. The van der Waals surface area contributed by atoms with E-state index in [9.17, 15) is 32.9 Å². The van der Waals surface area contributed by atoms with Crippen LogP contribution >= 0.6 is 11.6 Å². The second-order valence-electron chi connectivity index (χ2n) is 5.64. The molecular weight excluding hydrogens is 435 g/mol. The van der Waals surface area contributed by atoms with Gasteiger partial charge in [-0.05, 0) is 24.3 Å². The molecule has 0 aliphatic carbocycles. The fraction of sp³-hybridized carbons (Fsp3) is 0.222. The summed E-state index contributed by atoms with van der Waals surface area (Å²) in [6.07, 6.45) is -4.86. The predicted octanol–water partition coefficient (Wildman–Crippen LogP) is 4.78. The Kier molecular flexibility index (Phi) is 7.22. The molecule has 0 saturated heterocycles. The van der Waals surface area contributed by atoms with Gasteiger partial charge in [0.25, 0.3) is 5.69 Å². The van der Waals surface area contributed by atoms with E-state index in [1.807, 2.05) is 0 Å². The number of methoxy groups -OCH3 is 1. The van der Waals surface area contributed by atoms with Crippen LogP contribution in [0.5, 0.6) is 11.5 Å². The van der Waals surface area contributed by atoms with Gasteiger partial charge < -0.3 is 14.2 Å². The molecule has 0 radical (unpaired) electrons. The lowest BCUT2D eigenvalue weighted by Crippen LogP contribution is -2.12. The van der Waals surface area contributed by atoms with Crippen LogP contribution in [0.3, 0.4) is 0 Å². The monoisotopic (exact) mass is 447 g/mol. The predicted molar refractivity (Wildman–Crippen MR) is 96.5 cm³/mol. The maximum absolute atomic E-state index is 12.7. The Morgan fingerprint density at radius 1 is 1.17 bits per heavy atom. The van der Waals surface area contributed by atoms with Gasteiger partial charge in [-0.1, -0.05) is 11.6 Å². The summed E-state index contributed by atoms with van der Waals surface area (Å²) in [7, 11) is 1.14. The number of hydrogen-bond acceptors (Lipinski definition) is 7. The minimum atomic E-state index is -4.60. The van der Waals surface area contributed by atoms with Crippen LogP contribution in [0.4, 0.5) is 18.9 Å². The summed E-state index contributed by atoms with van der Waals surface area (Å²) in [5, 5.41) is 10.8. The number of halogens is 4. The number of alkyl halides is 3. The third kappa shape index (κ3) is 5.83. The first-order valence-corrected chi connectivity index (χ1v) is 8.47. The molecule has 2 aromatic rings. The Hall–Kier alpha value is -3.34. The SMILES string of the molecule is COC(=O)CCOC(=O)c1cc(Oc2ccc(C(F)(F)F)cc2Cl)ccc1[N+](=O)[O-]. The second-order valence-corrected chi connectivity index (χ2v) is 6.05. The number of carbonyl (C=O) groups excluding carboxylic acids is 2. The zero-order chi connectivity index (χ0) is 22.5. The molecular formula is C18H13ClF3NO7. The number of nitro groups is 1. The molecule has 12 heteroatoms. The highest BCUT2D eigenvalue weighted by Crippen LogP contribution is 2.37. The van der Waals surface area contributed by atoms with Crippen molar-refractivity contribution in [2.75, 3.05) is 13.7 Å². The van der Waals surface area contributed by atoms with Crippen LogP contribution in [-0.4, -0.2) is 30.6 Å². The lowest BCUT2D eigenvalue weighted by molar-refractivity contribution is -0.385. The van der Waals surface area contributed by atoms with Gasteiger partial charge in [-0.2, -0.15) is 13.2 Å². The molecule has 2 aromatic carbocycles. The van der Waals surface area contributed by atoms with E-state index >= 15 is 0 Å². The van der Waals surface area contributed by atoms with Crippen molar-refractivity contribution in [1.82, 2.24) is 0 Å². The first-order chi connectivity index (χ1) is 14.0. The van der Waals surface area contributed by atoms with Crippen LogP contribution in [0.1, 0.15) is 22.3 Å². The highest BCUT2D eigenvalue weighted by Gasteiger charge is 2.31. The minimum Gasteiger partial charge on any atom is -0.469 e. The summed E-state index contributed by atoms with van der Waals surface area (Å²) in [5.74, 6) is -2.02. The summed E-state index contributed by atoms with van der Waals surface area (Å²) in [4.78, 5) is 33.6. The van der Waals surface area contributed by atoms with E-state index in [1.54, 1.807) is 0 Å². The van der Waals surface area contributed by atoms with Crippen LogP contribution in [0.2, 0.25) is 5.02 Å². The second kappa shape index (κ2) is 9.44. The van der Waals surface area contributed by atoms with E-state index < -0.39 is 39.9 Å². The number of nitro benzene ring substituents is 1. The van der Waals surface area contributed by atoms with Crippen molar-refractivity contribution < 1.29 is 41.9 Å². The Balaban J connectivity index is 2.26. The number of ether oxygens (including phenoxy) is 3. The zero-order valence-electron chi connectivity index (χ0n) is 15.2. The average Bonchev–Trinajstić information content (AvgIpc) is 2.68. The van der Waals surface area contributed by atoms with Gasteiger partial charge in [-0.15, -0.1) is 0 Å². The highest BCUT2D eigenvalue weighted by molar-refractivity contribution is 6.32. The minimum absolute atomic E-state index is 0.109. The molecule has 0 heterocycles. The molecule has 0 amide bonds. The maximum Gasteiger partial charge on any atom is 0.416 e. The molecule has 160 valence electrons. The van der Waals surface area contributed by atoms with Gasteiger partial charge in [0.1, 0.15) is 23.7 Å². The van der Waals surface area contributed by atoms with E-state index in [1.165, 1.54) is 0 Å². The lowest BCUT2D eigenvalue weighted by atomic mass is 10.1. The van der Waals surface area contributed by atoms with Crippen molar-refractivity contribution in [3.8, 4) is 11.5 Å². The van der Waals surface area contributed by atoms with Crippen molar-refractivity contribution in [1.29, 1.82) is 0 Å². The lowest BCUT2D eigenvalue weighted by Gasteiger charge is -2.12. The molecule has 0 unspecified atom stereocenters. The normalized spacial score (nSPS) is 11.0. The van der Waals surface area contributed by atoms with Crippen molar-refractivity contribution in [3.63, 3.8) is 0 Å². The number of rotatable bonds is 7. The Labute approximate surface area is 172 Å². The quantitative estimate of drug-likeness (QED) is 0.341. The van der Waals surface area contributed by atoms with Crippen LogP contribution in [0.15, 0.2) is 36.4 Å². The van der Waals surface area contributed by atoms with Crippen LogP contribution < -0.4 is 4.74 Å². The van der Waals surface area contributed by atoms with Gasteiger partial charge in [-0.3, -0.25) is 14.9 Å². The molecule has 0 fully saturated rings. The van der Waals surface area contributed by atoms with E-state index in [4.69, 9.17) is 21.1 Å². The molecule has 0 aromatic heterocycles. The fourth-order valence-corrected chi connectivity index (χ4v) is 2.41. The van der Waals surface area contributed by atoms with Crippen molar-refractivity contribution in [3.05, 3.63) is 62.7 Å². The first-order valence-electron chi connectivity index (χ1n) is 8.10. The van der Waals surface area contributed by atoms with Gasteiger partial charge in [0.15, 0.2) is 0 Å². The molecule has 0 atom stereocenters. The summed E-state index contributed by atoms with van der Waals surface area (Å²) in [6, 6.07) is 5.45. The van der Waals surface area contributed by atoms with Crippen molar-refractivity contribution >= 4 is 29.2 Å². The van der Waals surface area contributed by atoms with E-state index in [2.05, 4.69) is 4.74 Å². The summed E-state index contributed by atoms with van der Waals surface area (Å²) in [5.41, 5.74) is -2.06. The van der Waals surface area contributed by atoms with Gasteiger partial charge in [0.2, 0.25) is 0 Å². The molecule has 0 aliphatic heterocycles. The van der Waals surface area contributed by atoms with Crippen molar-refractivity contribution in [2.45, 2.75) is 12.6 Å². The Bertz CT molecular complexity index is 979. The number of hydrogen-bond donors (Lipinski definition) is 0. The number of carbonyl (C=O) groups is 2. The zero-order valence-corrected chi connectivity index (χ0v) is 16.0. The van der Waals surface area contributed by atoms with E-state index in [0.29, 0.717) is 6.07 Å². The fourth-order valence-electron chi connectivity index (χ4n) is 2.20. The van der Waals surface area contributed by atoms with Crippen LogP contribution in [0, 0.1) is 10.1 Å². The first kappa shape index (κ1) is 22.9. The van der Waals surface area contributed by atoms with E-state index in [-0.39, 0.29) is 29.5 Å². The summed E-state index contributed by atoms with van der Waals surface area (Å²) in [6.45, 7) is -0.377. The van der Waals surface area contributed by atoms with Gasteiger partial charge >= 0.3 is 18.1 Å². The van der Waals surface area contributed by atoms with Crippen LogP contribution in [-0.2, 0) is 20.4 Å². The number of benzene rings is 2. The summed E-state index contributed by atoms with van der Waals surface area (Å²) < 4.78 is 52.7.